The minimum atomic E-state index is -1.18. The third kappa shape index (κ3) is 4.69. The van der Waals surface area contributed by atoms with E-state index in [-0.39, 0.29) is 0 Å². The Hall–Kier alpha value is -2.77. The standard InChI is InChI=1S/C20H24N6O5S/c21-12(20(29)30)6-7-32-8-13-15(27)16(28)19(31-13)26-10-24-14-17(22-9-23-18(14)26)25-11-4-2-1-3-5-11/h1-5,9-10,12-13,15-16,19,27-28H,6-8,21H2,(H,29,30)(H,22,23,25)/t12?,13-,15-,16-,19-/m1/s1. The molecule has 1 aromatic carbocycles. The Bertz CT molecular complexity index is 1070. The zero-order valence-electron chi connectivity index (χ0n) is 17.0. The van der Waals surface area contributed by atoms with Crippen LogP contribution in [0.1, 0.15) is 12.6 Å². The van der Waals surface area contributed by atoms with Crippen molar-refractivity contribution in [2.75, 3.05) is 16.8 Å². The molecule has 12 heteroatoms. The molecule has 1 saturated heterocycles. The van der Waals surface area contributed by atoms with Gasteiger partial charge in [-0.3, -0.25) is 9.36 Å². The quantitative estimate of drug-likeness (QED) is 0.285. The van der Waals surface area contributed by atoms with Crippen molar-refractivity contribution >= 4 is 40.4 Å². The predicted molar refractivity (Wildman–Crippen MR) is 119 cm³/mol. The van der Waals surface area contributed by atoms with E-state index in [1.807, 2.05) is 30.3 Å². The number of para-hydroxylation sites is 1. The van der Waals surface area contributed by atoms with Gasteiger partial charge in [0.05, 0.1) is 12.4 Å². The molecule has 0 amide bonds. The maximum Gasteiger partial charge on any atom is 0.320 e. The summed E-state index contributed by atoms with van der Waals surface area (Å²) in [5, 5.41) is 33.1. The van der Waals surface area contributed by atoms with E-state index >= 15 is 0 Å². The Morgan fingerprint density at radius 3 is 2.75 bits per heavy atom. The number of nitrogens with zero attached hydrogens (tertiary/aromatic N) is 4. The van der Waals surface area contributed by atoms with Gasteiger partial charge in [-0.2, -0.15) is 11.8 Å². The number of nitrogens with one attached hydrogen (secondary N) is 1. The Balaban J connectivity index is 1.46. The summed E-state index contributed by atoms with van der Waals surface area (Å²) < 4.78 is 7.50. The third-order valence-electron chi connectivity index (χ3n) is 5.18. The lowest BCUT2D eigenvalue weighted by Gasteiger charge is -2.16. The highest BCUT2D eigenvalue weighted by molar-refractivity contribution is 7.99. The van der Waals surface area contributed by atoms with E-state index in [9.17, 15) is 15.0 Å². The largest absolute Gasteiger partial charge is 0.480 e. The summed E-state index contributed by atoms with van der Waals surface area (Å²) in [4.78, 5) is 23.7. The molecular formula is C20H24N6O5S. The van der Waals surface area contributed by atoms with Crippen LogP contribution < -0.4 is 11.1 Å². The molecule has 0 spiro atoms. The highest BCUT2D eigenvalue weighted by Gasteiger charge is 2.44. The summed E-state index contributed by atoms with van der Waals surface area (Å²) in [5.74, 6) is 0.336. The maximum absolute atomic E-state index is 10.8. The highest BCUT2D eigenvalue weighted by atomic mass is 32.2. The fourth-order valence-electron chi connectivity index (χ4n) is 3.42. The second kappa shape index (κ2) is 9.79. The van der Waals surface area contributed by atoms with Gasteiger partial charge in [0.1, 0.15) is 24.6 Å². The van der Waals surface area contributed by atoms with Gasteiger partial charge in [0, 0.05) is 11.4 Å². The first kappa shape index (κ1) is 22.4. The molecule has 1 unspecified atom stereocenters. The lowest BCUT2D eigenvalue weighted by Crippen LogP contribution is -2.33. The number of nitrogens with two attached hydrogens (primary N) is 1. The molecule has 5 atom stereocenters. The molecule has 3 aromatic rings. The van der Waals surface area contributed by atoms with Crippen molar-refractivity contribution in [3.63, 3.8) is 0 Å². The van der Waals surface area contributed by atoms with E-state index in [1.54, 1.807) is 4.57 Å². The average molecular weight is 461 g/mol. The van der Waals surface area contributed by atoms with Gasteiger partial charge in [0.25, 0.3) is 0 Å². The first-order chi connectivity index (χ1) is 15.5. The lowest BCUT2D eigenvalue weighted by atomic mass is 10.1. The predicted octanol–water partition coefficient (Wildman–Crippen LogP) is 0.724. The number of carbonyl (C=O) groups is 1. The van der Waals surface area contributed by atoms with Crippen molar-refractivity contribution in [2.24, 2.45) is 5.73 Å². The molecular weight excluding hydrogens is 436 g/mol. The normalized spacial score (nSPS) is 24.0. The number of rotatable bonds is 9. The average Bonchev–Trinajstić information content (AvgIpc) is 3.34. The van der Waals surface area contributed by atoms with Crippen LogP contribution in [0.3, 0.4) is 0 Å². The van der Waals surface area contributed by atoms with Gasteiger partial charge < -0.3 is 31.1 Å². The van der Waals surface area contributed by atoms with Crippen LogP contribution in [-0.2, 0) is 9.53 Å². The van der Waals surface area contributed by atoms with Crippen molar-refractivity contribution in [2.45, 2.75) is 37.0 Å². The van der Waals surface area contributed by atoms with Crippen LogP contribution >= 0.6 is 11.8 Å². The monoisotopic (exact) mass is 460 g/mol. The highest BCUT2D eigenvalue weighted by Crippen LogP contribution is 2.34. The molecule has 1 aliphatic rings. The topological polar surface area (TPSA) is 169 Å². The van der Waals surface area contributed by atoms with Gasteiger partial charge in [-0.25, -0.2) is 15.0 Å². The summed E-state index contributed by atoms with van der Waals surface area (Å²) >= 11 is 1.41. The smallest absolute Gasteiger partial charge is 0.320 e. The number of aromatic nitrogens is 4. The number of fused-ring (bicyclic) bond motifs is 1. The van der Waals surface area contributed by atoms with E-state index in [2.05, 4.69) is 20.3 Å². The van der Waals surface area contributed by atoms with Gasteiger partial charge in [0.15, 0.2) is 23.2 Å². The number of hydrogen-bond donors (Lipinski definition) is 5. The number of hydrogen-bond acceptors (Lipinski definition) is 10. The number of benzene rings is 1. The number of imidazole rings is 1. The van der Waals surface area contributed by atoms with Crippen LogP contribution in [0.5, 0.6) is 0 Å². The van der Waals surface area contributed by atoms with Crippen molar-refractivity contribution in [3.8, 4) is 0 Å². The minimum Gasteiger partial charge on any atom is -0.480 e. The zero-order valence-corrected chi connectivity index (χ0v) is 17.8. The summed E-state index contributed by atoms with van der Waals surface area (Å²) in [6.07, 6.45) is -0.611. The number of ether oxygens (including phenoxy) is 1. The molecule has 32 heavy (non-hydrogen) atoms. The number of aliphatic carboxylic acids is 1. The SMILES string of the molecule is NC(CCSC[C@H]1O[C@@H](n2cnc3c(Nc4ccccc4)ncnc32)[C@H](O)[C@@H]1O)C(=O)O. The molecule has 0 saturated carbocycles. The van der Waals surface area contributed by atoms with Gasteiger partial charge >= 0.3 is 5.97 Å². The van der Waals surface area contributed by atoms with Crippen LogP contribution in [0.25, 0.3) is 11.2 Å². The number of aliphatic hydroxyl groups is 2. The number of carboxylic acid groups (broad SMARTS) is 1. The van der Waals surface area contributed by atoms with Crippen molar-refractivity contribution < 1.29 is 24.9 Å². The lowest BCUT2D eigenvalue weighted by molar-refractivity contribution is -0.138. The molecule has 2 aromatic heterocycles. The van der Waals surface area contributed by atoms with Gasteiger partial charge in [0.2, 0.25) is 0 Å². The van der Waals surface area contributed by atoms with E-state index in [4.69, 9.17) is 15.6 Å². The van der Waals surface area contributed by atoms with Crippen LogP contribution in [0.4, 0.5) is 11.5 Å². The van der Waals surface area contributed by atoms with Crippen LogP contribution in [0.2, 0.25) is 0 Å². The molecule has 6 N–H and O–H groups in total. The molecule has 0 bridgehead atoms. The second-order valence-corrected chi connectivity index (χ2v) is 8.54. The van der Waals surface area contributed by atoms with Crippen molar-refractivity contribution in [1.29, 1.82) is 0 Å². The molecule has 1 aliphatic heterocycles. The second-order valence-electron chi connectivity index (χ2n) is 7.39. The Labute approximate surface area is 187 Å². The molecule has 4 rings (SSSR count). The number of carboxylic acids is 1. The minimum absolute atomic E-state index is 0.301. The third-order valence-corrected chi connectivity index (χ3v) is 6.27. The first-order valence-electron chi connectivity index (χ1n) is 10.0. The number of thioether (sulfide) groups is 1. The molecule has 170 valence electrons. The Morgan fingerprint density at radius 1 is 1.22 bits per heavy atom. The van der Waals surface area contributed by atoms with Crippen LogP contribution in [0, 0.1) is 0 Å². The number of aliphatic hydroxyl groups excluding tert-OH is 2. The molecule has 1 fully saturated rings. The van der Waals surface area contributed by atoms with Crippen LogP contribution in [-0.4, -0.2) is 76.7 Å². The van der Waals surface area contributed by atoms with E-state index in [0.717, 1.165) is 5.69 Å². The molecule has 11 nitrogen and oxygen atoms in total. The zero-order chi connectivity index (χ0) is 22.7. The summed E-state index contributed by atoms with van der Waals surface area (Å²) in [5.41, 5.74) is 7.30. The van der Waals surface area contributed by atoms with Crippen molar-refractivity contribution in [3.05, 3.63) is 43.0 Å². The fraction of sp³-hybridized carbons (Fsp3) is 0.400. The van der Waals surface area contributed by atoms with Gasteiger partial charge in [-0.05, 0) is 24.3 Å². The van der Waals surface area contributed by atoms with E-state index in [0.29, 0.717) is 34.9 Å². The van der Waals surface area contributed by atoms with Gasteiger partial charge in [-0.15, -0.1) is 0 Å². The maximum atomic E-state index is 10.8. The fourth-order valence-corrected chi connectivity index (χ4v) is 4.51. The summed E-state index contributed by atoms with van der Waals surface area (Å²) in [6, 6.07) is 8.59. The molecule has 3 heterocycles. The summed E-state index contributed by atoms with van der Waals surface area (Å²) in [6.45, 7) is 0. The number of anilines is 2. The van der Waals surface area contributed by atoms with Crippen LogP contribution in [0.15, 0.2) is 43.0 Å². The van der Waals surface area contributed by atoms with E-state index < -0.39 is 36.6 Å². The first-order valence-corrected chi connectivity index (χ1v) is 11.2. The van der Waals surface area contributed by atoms with Gasteiger partial charge in [-0.1, -0.05) is 18.2 Å². The van der Waals surface area contributed by atoms with E-state index in [1.165, 1.54) is 24.4 Å². The molecule has 0 aliphatic carbocycles. The summed E-state index contributed by atoms with van der Waals surface area (Å²) in [7, 11) is 0. The molecule has 0 radical (unpaired) electrons. The Morgan fingerprint density at radius 2 is 2.00 bits per heavy atom. The van der Waals surface area contributed by atoms with Crippen molar-refractivity contribution in [1.82, 2.24) is 19.5 Å². The Kier molecular flexibility index (Phi) is 6.86.